The average Bonchev–Trinajstić information content (AvgIpc) is 2.18. The first-order valence-electron chi connectivity index (χ1n) is 5.81. The average molecular weight is 213 g/mol. The van der Waals surface area contributed by atoms with Crippen LogP contribution in [0.1, 0.15) is 19.8 Å². The van der Waals surface area contributed by atoms with Crippen molar-refractivity contribution in [1.82, 2.24) is 15.1 Å². The minimum Gasteiger partial charge on any atom is -0.336 e. The molecule has 1 N–H and O–H groups in total. The van der Waals surface area contributed by atoms with Crippen molar-refractivity contribution in [3.8, 4) is 0 Å². The van der Waals surface area contributed by atoms with Gasteiger partial charge in [-0.2, -0.15) is 0 Å². The van der Waals surface area contributed by atoms with Crippen LogP contribution in [0.2, 0.25) is 0 Å². The highest BCUT2D eigenvalue weighted by molar-refractivity contribution is 5.76. The van der Waals surface area contributed by atoms with Gasteiger partial charge in [-0.05, 0) is 20.5 Å². The normalized spacial score (nSPS) is 23.1. The van der Waals surface area contributed by atoms with Crippen LogP contribution in [-0.4, -0.2) is 62.0 Å². The molecule has 1 heterocycles. The molecule has 1 atom stereocenters. The van der Waals surface area contributed by atoms with Crippen molar-refractivity contribution in [3.05, 3.63) is 0 Å². The van der Waals surface area contributed by atoms with E-state index in [0.717, 1.165) is 32.6 Å². The summed E-state index contributed by atoms with van der Waals surface area (Å²) in [5.74, 6) is 0.311. The van der Waals surface area contributed by atoms with Crippen LogP contribution in [0.15, 0.2) is 0 Å². The molecule has 0 aromatic rings. The van der Waals surface area contributed by atoms with Gasteiger partial charge in [0.1, 0.15) is 0 Å². The van der Waals surface area contributed by atoms with Gasteiger partial charge in [-0.1, -0.05) is 6.92 Å². The largest absolute Gasteiger partial charge is 0.336 e. The Labute approximate surface area is 92.6 Å². The summed E-state index contributed by atoms with van der Waals surface area (Å²) in [7, 11) is 4.06. The summed E-state index contributed by atoms with van der Waals surface area (Å²) in [6.45, 7) is 5.80. The fourth-order valence-electron chi connectivity index (χ4n) is 2.11. The first kappa shape index (κ1) is 12.5. The number of nitrogens with zero attached hydrogens (tertiary/aromatic N) is 2. The highest BCUT2D eigenvalue weighted by Gasteiger charge is 2.27. The number of piperazine rings is 1. The molecule has 0 spiro atoms. The Hall–Kier alpha value is -0.610. The fraction of sp³-hybridized carbons (Fsp3) is 0.909. The topological polar surface area (TPSA) is 35.6 Å². The van der Waals surface area contributed by atoms with Crippen LogP contribution >= 0.6 is 0 Å². The van der Waals surface area contributed by atoms with Crippen LogP contribution in [0.3, 0.4) is 0 Å². The lowest BCUT2D eigenvalue weighted by molar-refractivity contribution is -0.135. The molecule has 15 heavy (non-hydrogen) atoms. The number of rotatable bonds is 4. The predicted molar refractivity (Wildman–Crippen MR) is 61.8 cm³/mol. The van der Waals surface area contributed by atoms with Gasteiger partial charge in [0.2, 0.25) is 5.91 Å². The van der Waals surface area contributed by atoms with Crippen molar-refractivity contribution in [2.45, 2.75) is 25.8 Å². The Kier molecular flexibility index (Phi) is 5.05. The van der Waals surface area contributed by atoms with E-state index in [0.29, 0.717) is 18.4 Å². The lowest BCUT2D eigenvalue weighted by atomic mass is 10.1. The Morgan fingerprint density at radius 1 is 1.47 bits per heavy atom. The number of carbonyl (C=O) groups excluding carboxylic acids is 1. The van der Waals surface area contributed by atoms with E-state index in [9.17, 15) is 4.79 Å². The molecule has 1 aliphatic rings. The van der Waals surface area contributed by atoms with E-state index in [2.05, 4.69) is 24.2 Å². The lowest BCUT2D eigenvalue weighted by Gasteiger charge is -2.40. The quantitative estimate of drug-likeness (QED) is 0.722. The van der Waals surface area contributed by atoms with Crippen molar-refractivity contribution in [1.29, 1.82) is 0 Å². The minimum atomic E-state index is 0.311. The molecular weight excluding hydrogens is 190 g/mol. The van der Waals surface area contributed by atoms with E-state index in [4.69, 9.17) is 0 Å². The first-order chi connectivity index (χ1) is 7.19. The van der Waals surface area contributed by atoms with Crippen LogP contribution < -0.4 is 5.32 Å². The van der Waals surface area contributed by atoms with E-state index >= 15 is 0 Å². The van der Waals surface area contributed by atoms with Gasteiger partial charge in [0.15, 0.2) is 0 Å². The maximum Gasteiger partial charge on any atom is 0.222 e. The summed E-state index contributed by atoms with van der Waals surface area (Å²) in [6.07, 6.45) is 1.63. The van der Waals surface area contributed by atoms with Gasteiger partial charge in [0.05, 0.1) is 6.04 Å². The summed E-state index contributed by atoms with van der Waals surface area (Å²) >= 11 is 0. The Morgan fingerprint density at radius 2 is 2.20 bits per heavy atom. The molecule has 1 amide bonds. The van der Waals surface area contributed by atoms with Gasteiger partial charge in [0.25, 0.3) is 0 Å². The molecule has 1 unspecified atom stereocenters. The molecule has 1 aliphatic heterocycles. The number of hydrogen-bond donors (Lipinski definition) is 1. The van der Waals surface area contributed by atoms with Crippen molar-refractivity contribution >= 4 is 5.91 Å². The molecule has 4 heteroatoms. The zero-order valence-corrected chi connectivity index (χ0v) is 10.1. The monoisotopic (exact) mass is 213 g/mol. The van der Waals surface area contributed by atoms with E-state index in [1.807, 2.05) is 11.9 Å². The third-order valence-electron chi connectivity index (χ3n) is 2.91. The zero-order valence-electron chi connectivity index (χ0n) is 10.1. The molecule has 0 aromatic carbocycles. The lowest BCUT2D eigenvalue weighted by Crippen LogP contribution is -2.57. The molecule has 0 saturated carbocycles. The maximum absolute atomic E-state index is 11.9. The number of hydrogen-bond acceptors (Lipinski definition) is 3. The molecule has 1 rings (SSSR count). The summed E-state index contributed by atoms with van der Waals surface area (Å²) < 4.78 is 0. The SMILES string of the molecule is CCCC(=O)N1CCN(C)CC1CNC. The molecule has 0 aromatic heterocycles. The van der Waals surface area contributed by atoms with Crippen molar-refractivity contribution in [2.24, 2.45) is 0 Å². The highest BCUT2D eigenvalue weighted by atomic mass is 16.2. The van der Waals surface area contributed by atoms with Gasteiger partial charge in [0, 0.05) is 32.6 Å². The van der Waals surface area contributed by atoms with Crippen LogP contribution in [0.25, 0.3) is 0 Å². The number of carbonyl (C=O) groups is 1. The molecule has 0 bridgehead atoms. The third kappa shape index (κ3) is 3.47. The second-order valence-electron chi connectivity index (χ2n) is 4.31. The molecular formula is C11H23N3O. The Balaban J connectivity index is 2.55. The molecule has 4 nitrogen and oxygen atoms in total. The van der Waals surface area contributed by atoms with Crippen molar-refractivity contribution in [3.63, 3.8) is 0 Å². The Morgan fingerprint density at radius 3 is 2.80 bits per heavy atom. The van der Waals surface area contributed by atoms with E-state index in [1.165, 1.54) is 0 Å². The summed E-state index contributed by atoms with van der Waals surface area (Å²) in [5, 5.41) is 3.16. The fourth-order valence-corrected chi connectivity index (χ4v) is 2.11. The van der Waals surface area contributed by atoms with Crippen LogP contribution in [-0.2, 0) is 4.79 Å². The zero-order chi connectivity index (χ0) is 11.3. The van der Waals surface area contributed by atoms with Crippen molar-refractivity contribution in [2.75, 3.05) is 40.3 Å². The molecule has 1 saturated heterocycles. The van der Waals surface area contributed by atoms with Crippen LogP contribution in [0.4, 0.5) is 0 Å². The number of amides is 1. The molecule has 0 aliphatic carbocycles. The van der Waals surface area contributed by atoms with Gasteiger partial charge in [-0.15, -0.1) is 0 Å². The summed E-state index contributed by atoms with van der Waals surface area (Å²) in [6, 6.07) is 0.341. The van der Waals surface area contributed by atoms with E-state index in [-0.39, 0.29) is 0 Å². The van der Waals surface area contributed by atoms with Gasteiger partial charge in [-0.3, -0.25) is 4.79 Å². The summed E-state index contributed by atoms with van der Waals surface area (Å²) in [4.78, 5) is 16.2. The van der Waals surface area contributed by atoms with Gasteiger partial charge < -0.3 is 15.1 Å². The maximum atomic E-state index is 11.9. The first-order valence-corrected chi connectivity index (χ1v) is 5.81. The molecule has 1 fully saturated rings. The van der Waals surface area contributed by atoms with E-state index < -0.39 is 0 Å². The van der Waals surface area contributed by atoms with Gasteiger partial charge >= 0.3 is 0 Å². The van der Waals surface area contributed by atoms with Gasteiger partial charge in [-0.25, -0.2) is 0 Å². The predicted octanol–water partition coefficient (Wildman–Crippen LogP) is 0.149. The molecule has 88 valence electrons. The minimum absolute atomic E-state index is 0.311. The standard InChI is InChI=1S/C11H23N3O/c1-4-5-11(15)14-7-6-13(3)9-10(14)8-12-2/h10,12H,4-9H2,1-3H3. The third-order valence-corrected chi connectivity index (χ3v) is 2.91. The molecule has 0 radical (unpaired) electrons. The second kappa shape index (κ2) is 6.08. The number of nitrogens with one attached hydrogen (secondary N) is 1. The Bertz CT molecular complexity index is 208. The van der Waals surface area contributed by atoms with Crippen LogP contribution in [0, 0.1) is 0 Å². The second-order valence-corrected chi connectivity index (χ2v) is 4.31. The summed E-state index contributed by atoms with van der Waals surface area (Å²) in [5.41, 5.74) is 0. The highest BCUT2D eigenvalue weighted by Crippen LogP contribution is 2.10. The van der Waals surface area contributed by atoms with Crippen LogP contribution in [0.5, 0.6) is 0 Å². The van der Waals surface area contributed by atoms with Crippen molar-refractivity contribution < 1.29 is 4.79 Å². The smallest absolute Gasteiger partial charge is 0.222 e. The van der Waals surface area contributed by atoms with E-state index in [1.54, 1.807) is 0 Å². The number of likely N-dealkylation sites (N-methyl/N-ethyl adjacent to an activating group) is 2.